The van der Waals surface area contributed by atoms with E-state index < -0.39 is 0 Å². The van der Waals surface area contributed by atoms with Crippen LogP contribution in [0.25, 0.3) is 16.7 Å². The molecule has 1 N–H and O–H groups in total. The number of carbonyl (C=O) groups is 1. The van der Waals surface area contributed by atoms with Crippen molar-refractivity contribution >= 4 is 16.9 Å². The van der Waals surface area contributed by atoms with E-state index in [4.69, 9.17) is 0 Å². The van der Waals surface area contributed by atoms with Crippen molar-refractivity contribution in [1.29, 1.82) is 0 Å². The van der Waals surface area contributed by atoms with Crippen molar-refractivity contribution in [2.75, 3.05) is 0 Å². The van der Waals surface area contributed by atoms with Crippen LogP contribution in [-0.4, -0.2) is 35.7 Å². The Balaban J connectivity index is 1.42. The fraction of sp³-hybridized carbons (Fsp3) is 0.167. The van der Waals surface area contributed by atoms with Gasteiger partial charge in [0.15, 0.2) is 0 Å². The third-order valence-corrected chi connectivity index (χ3v) is 4.17. The maximum atomic E-state index is 12.4. The molecule has 1 amide bonds. The molecular formula is C18H17N7O. The maximum absolute atomic E-state index is 12.4. The molecule has 0 saturated carbocycles. The van der Waals surface area contributed by atoms with Crippen molar-refractivity contribution in [3.63, 3.8) is 0 Å². The van der Waals surface area contributed by atoms with E-state index in [1.807, 2.05) is 55.5 Å². The summed E-state index contributed by atoms with van der Waals surface area (Å²) < 4.78 is 3.29. The van der Waals surface area contributed by atoms with E-state index in [1.165, 1.54) is 6.33 Å². The lowest BCUT2D eigenvalue weighted by atomic mass is 10.1. The van der Waals surface area contributed by atoms with Gasteiger partial charge in [0.05, 0.1) is 17.2 Å². The average Bonchev–Trinajstić information content (AvgIpc) is 3.32. The largest absolute Gasteiger partial charge is 0.348 e. The Morgan fingerprint density at radius 3 is 2.73 bits per heavy atom. The molecule has 0 unspecified atom stereocenters. The number of fused-ring (bicyclic) bond motifs is 1. The number of nitrogens with one attached hydrogen (secondary N) is 1. The number of carbonyl (C=O) groups excluding carboxylic acids is 1. The Labute approximate surface area is 149 Å². The first kappa shape index (κ1) is 15.9. The Bertz CT molecular complexity index is 1020. The molecule has 0 spiro atoms. The van der Waals surface area contributed by atoms with Gasteiger partial charge in [-0.3, -0.25) is 4.79 Å². The fourth-order valence-electron chi connectivity index (χ4n) is 2.80. The Morgan fingerprint density at radius 2 is 1.96 bits per heavy atom. The van der Waals surface area contributed by atoms with Gasteiger partial charge in [-0.15, -0.1) is 5.10 Å². The smallest absolute Gasteiger partial charge is 0.242 e. The molecule has 130 valence electrons. The molecule has 26 heavy (non-hydrogen) atoms. The van der Waals surface area contributed by atoms with Gasteiger partial charge in [-0.25, -0.2) is 14.3 Å². The van der Waals surface area contributed by atoms with Crippen molar-refractivity contribution in [3.8, 4) is 5.69 Å². The second-order valence-corrected chi connectivity index (χ2v) is 5.96. The SMILES string of the molecule is C[C@H](NC(=O)Cn1nnc2ccccc21)c1ccc(-n2cncn2)cc1. The number of para-hydroxylation sites is 1. The summed E-state index contributed by atoms with van der Waals surface area (Å²) in [5.41, 5.74) is 3.54. The van der Waals surface area contributed by atoms with Crippen LogP contribution in [0.2, 0.25) is 0 Å². The lowest BCUT2D eigenvalue weighted by molar-refractivity contribution is -0.122. The number of amides is 1. The number of rotatable bonds is 5. The predicted octanol–water partition coefficient (Wildman–Crippen LogP) is 1.89. The third kappa shape index (κ3) is 3.16. The molecule has 0 saturated heterocycles. The predicted molar refractivity (Wildman–Crippen MR) is 95.4 cm³/mol. The number of hydrogen-bond donors (Lipinski definition) is 1. The van der Waals surface area contributed by atoms with E-state index in [1.54, 1.807) is 15.7 Å². The summed E-state index contributed by atoms with van der Waals surface area (Å²) in [5.74, 6) is -0.117. The normalized spacial score (nSPS) is 12.2. The summed E-state index contributed by atoms with van der Waals surface area (Å²) in [6.45, 7) is 2.07. The first-order valence-electron chi connectivity index (χ1n) is 8.23. The van der Waals surface area contributed by atoms with Crippen molar-refractivity contribution in [2.24, 2.45) is 0 Å². The zero-order valence-electron chi connectivity index (χ0n) is 14.1. The first-order valence-corrected chi connectivity index (χ1v) is 8.23. The van der Waals surface area contributed by atoms with Gasteiger partial charge < -0.3 is 5.32 Å². The van der Waals surface area contributed by atoms with Gasteiger partial charge in [-0.1, -0.05) is 29.5 Å². The molecule has 8 nitrogen and oxygen atoms in total. The number of hydrogen-bond acceptors (Lipinski definition) is 5. The zero-order chi connectivity index (χ0) is 17.9. The summed E-state index contributed by atoms with van der Waals surface area (Å²) in [4.78, 5) is 16.3. The molecule has 0 aliphatic heterocycles. The molecule has 2 aromatic carbocycles. The van der Waals surface area contributed by atoms with Crippen LogP contribution < -0.4 is 5.32 Å². The second kappa shape index (κ2) is 6.75. The lowest BCUT2D eigenvalue weighted by Crippen LogP contribution is -2.30. The summed E-state index contributed by atoms with van der Waals surface area (Å²) in [6, 6.07) is 15.3. The third-order valence-electron chi connectivity index (χ3n) is 4.17. The van der Waals surface area contributed by atoms with Crippen molar-refractivity contribution in [1.82, 2.24) is 35.1 Å². The van der Waals surface area contributed by atoms with Crippen molar-refractivity contribution in [2.45, 2.75) is 19.5 Å². The van der Waals surface area contributed by atoms with Gasteiger partial charge in [-0.2, -0.15) is 5.10 Å². The summed E-state index contributed by atoms with van der Waals surface area (Å²) in [7, 11) is 0. The van der Waals surface area contributed by atoms with Crippen LogP contribution >= 0.6 is 0 Å². The monoisotopic (exact) mass is 347 g/mol. The van der Waals surface area contributed by atoms with Crippen LogP contribution in [0.3, 0.4) is 0 Å². The molecule has 2 heterocycles. The van der Waals surface area contributed by atoms with Crippen LogP contribution in [0.1, 0.15) is 18.5 Å². The van der Waals surface area contributed by atoms with Gasteiger partial charge in [0.1, 0.15) is 24.7 Å². The van der Waals surface area contributed by atoms with E-state index in [0.29, 0.717) is 0 Å². The van der Waals surface area contributed by atoms with E-state index in [0.717, 1.165) is 22.3 Å². The van der Waals surface area contributed by atoms with Crippen LogP contribution in [0, 0.1) is 0 Å². The highest BCUT2D eigenvalue weighted by molar-refractivity contribution is 5.80. The molecule has 4 aromatic rings. The van der Waals surface area contributed by atoms with Crippen molar-refractivity contribution in [3.05, 3.63) is 66.7 Å². The Hall–Kier alpha value is -3.55. The minimum atomic E-state index is -0.123. The highest BCUT2D eigenvalue weighted by atomic mass is 16.2. The highest BCUT2D eigenvalue weighted by Crippen LogP contribution is 2.15. The van der Waals surface area contributed by atoms with E-state index in [2.05, 4.69) is 25.7 Å². The maximum Gasteiger partial charge on any atom is 0.242 e. The standard InChI is InChI=1S/C18H17N7O/c1-13(14-6-8-15(9-7-14)25-12-19-11-20-25)21-18(26)10-24-17-5-3-2-4-16(17)22-23-24/h2-9,11-13H,10H2,1H3,(H,21,26)/t13-/m0/s1. The topological polar surface area (TPSA) is 90.5 Å². The lowest BCUT2D eigenvalue weighted by Gasteiger charge is -2.15. The molecule has 0 aliphatic carbocycles. The van der Waals surface area contributed by atoms with Gasteiger partial charge in [0.25, 0.3) is 0 Å². The van der Waals surface area contributed by atoms with Gasteiger partial charge >= 0.3 is 0 Å². The van der Waals surface area contributed by atoms with Gasteiger partial charge in [0.2, 0.25) is 5.91 Å². The summed E-state index contributed by atoms with van der Waals surface area (Å²) in [5, 5.41) is 15.2. The van der Waals surface area contributed by atoms with E-state index in [-0.39, 0.29) is 18.5 Å². The minimum Gasteiger partial charge on any atom is -0.348 e. The second-order valence-electron chi connectivity index (χ2n) is 5.96. The molecule has 0 radical (unpaired) electrons. The average molecular weight is 347 g/mol. The van der Waals surface area contributed by atoms with Crippen LogP contribution in [0.4, 0.5) is 0 Å². The van der Waals surface area contributed by atoms with Crippen LogP contribution in [0.15, 0.2) is 61.2 Å². The molecule has 1 atom stereocenters. The molecule has 0 aliphatic rings. The summed E-state index contributed by atoms with van der Waals surface area (Å²) >= 11 is 0. The van der Waals surface area contributed by atoms with E-state index in [9.17, 15) is 4.79 Å². The molecule has 2 aromatic heterocycles. The summed E-state index contributed by atoms with van der Waals surface area (Å²) in [6.07, 6.45) is 3.13. The Kier molecular flexibility index (Phi) is 4.14. The van der Waals surface area contributed by atoms with Crippen molar-refractivity contribution < 1.29 is 4.79 Å². The molecular weight excluding hydrogens is 330 g/mol. The number of aromatic nitrogens is 6. The zero-order valence-corrected chi connectivity index (χ0v) is 14.1. The first-order chi connectivity index (χ1) is 12.7. The molecule has 4 rings (SSSR count). The van der Waals surface area contributed by atoms with E-state index >= 15 is 0 Å². The molecule has 0 fully saturated rings. The minimum absolute atomic E-state index is 0.117. The van der Waals surface area contributed by atoms with Crippen LogP contribution in [-0.2, 0) is 11.3 Å². The van der Waals surface area contributed by atoms with Gasteiger partial charge in [-0.05, 0) is 36.8 Å². The van der Waals surface area contributed by atoms with Crippen LogP contribution in [0.5, 0.6) is 0 Å². The fourth-order valence-corrected chi connectivity index (χ4v) is 2.80. The molecule has 0 bridgehead atoms. The Morgan fingerprint density at radius 1 is 1.15 bits per heavy atom. The number of benzene rings is 2. The quantitative estimate of drug-likeness (QED) is 0.595. The number of nitrogens with zero attached hydrogens (tertiary/aromatic N) is 6. The highest BCUT2D eigenvalue weighted by Gasteiger charge is 2.12. The molecule has 8 heteroatoms. The van der Waals surface area contributed by atoms with Gasteiger partial charge in [0, 0.05) is 0 Å².